The Hall–Kier alpha value is 0.0700. The van der Waals surface area contributed by atoms with Gasteiger partial charge in [-0.15, -0.1) is 0 Å². The van der Waals surface area contributed by atoms with Gasteiger partial charge in [-0.05, 0) is 38.1 Å². The average molecular weight is 301 g/mol. The lowest BCUT2D eigenvalue weighted by Crippen LogP contribution is -2.58. The minimum Gasteiger partial charge on any atom is -0.311 e. The standard InChI is InChI=1S/C16H32N2OS/c1-3-15-12-17-16(14-8-5-4-6-9-14)13-18(15)10-7-11-20(2)19/h14-17H,3-13H2,1-2H3. The van der Waals surface area contributed by atoms with Gasteiger partial charge in [0.25, 0.3) is 0 Å². The predicted molar refractivity (Wildman–Crippen MR) is 87.6 cm³/mol. The van der Waals surface area contributed by atoms with Crippen LogP contribution in [0.1, 0.15) is 51.9 Å². The van der Waals surface area contributed by atoms with E-state index in [-0.39, 0.29) is 0 Å². The van der Waals surface area contributed by atoms with Crippen LogP contribution in [-0.4, -0.2) is 52.8 Å². The van der Waals surface area contributed by atoms with E-state index in [2.05, 4.69) is 17.1 Å². The van der Waals surface area contributed by atoms with Crippen molar-refractivity contribution in [2.75, 3.05) is 31.6 Å². The van der Waals surface area contributed by atoms with Gasteiger partial charge in [-0.3, -0.25) is 9.11 Å². The molecule has 1 aliphatic heterocycles. The van der Waals surface area contributed by atoms with Crippen molar-refractivity contribution in [1.82, 2.24) is 10.2 Å². The number of hydrogen-bond acceptors (Lipinski definition) is 3. The Morgan fingerprint density at radius 2 is 2.00 bits per heavy atom. The van der Waals surface area contributed by atoms with Crippen LogP contribution in [0.5, 0.6) is 0 Å². The van der Waals surface area contributed by atoms with E-state index in [4.69, 9.17) is 0 Å². The summed E-state index contributed by atoms with van der Waals surface area (Å²) in [6.45, 7) is 5.77. The zero-order chi connectivity index (χ0) is 14.4. The molecule has 1 saturated heterocycles. The zero-order valence-electron chi connectivity index (χ0n) is 13.3. The SMILES string of the molecule is CCC1CNC(C2CCCCC2)CN1CCCS(C)=O. The lowest BCUT2D eigenvalue weighted by molar-refractivity contribution is 0.0940. The fourth-order valence-electron chi connectivity index (χ4n) is 3.88. The molecule has 0 radical (unpaired) electrons. The van der Waals surface area contributed by atoms with Crippen LogP contribution in [0.25, 0.3) is 0 Å². The minimum absolute atomic E-state index is 0.638. The highest BCUT2D eigenvalue weighted by Crippen LogP contribution is 2.28. The molecule has 0 bridgehead atoms. The molecule has 3 nitrogen and oxygen atoms in total. The maximum absolute atomic E-state index is 11.2. The third-order valence-electron chi connectivity index (χ3n) is 5.13. The fourth-order valence-corrected chi connectivity index (χ4v) is 4.42. The number of rotatable bonds is 6. The molecule has 20 heavy (non-hydrogen) atoms. The molecule has 0 aromatic rings. The van der Waals surface area contributed by atoms with Crippen LogP contribution in [0.15, 0.2) is 0 Å². The van der Waals surface area contributed by atoms with Crippen LogP contribution in [0.4, 0.5) is 0 Å². The molecule has 0 aromatic carbocycles. The third-order valence-corrected chi connectivity index (χ3v) is 5.99. The molecule has 1 N–H and O–H groups in total. The van der Waals surface area contributed by atoms with Gasteiger partial charge in [-0.1, -0.05) is 26.2 Å². The van der Waals surface area contributed by atoms with Gasteiger partial charge >= 0.3 is 0 Å². The molecule has 4 heteroatoms. The molecule has 3 unspecified atom stereocenters. The monoisotopic (exact) mass is 300 g/mol. The normalized spacial score (nSPS) is 31.3. The Balaban J connectivity index is 1.83. The molecule has 0 spiro atoms. The third kappa shape index (κ3) is 4.81. The first-order chi connectivity index (χ1) is 9.70. The summed E-state index contributed by atoms with van der Waals surface area (Å²) in [5.74, 6) is 1.75. The molecule has 3 atom stereocenters. The quantitative estimate of drug-likeness (QED) is 0.817. The van der Waals surface area contributed by atoms with Crippen LogP contribution in [0, 0.1) is 5.92 Å². The lowest BCUT2D eigenvalue weighted by atomic mass is 9.82. The van der Waals surface area contributed by atoms with Gasteiger partial charge in [0.05, 0.1) is 0 Å². The summed E-state index contributed by atoms with van der Waals surface area (Å²) >= 11 is 0. The Labute approximate surface area is 127 Å². The fraction of sp³-hybridized carbons (Fsp3) is 1.00. The van der Waals surface area contributed by atoms with Gasteiger partial charge in [0, 0.05) is 48.0 Å². The van der Waals surface area contributed by atoms with E-state index in [1.54, 1.807) is 0 Å². The van der Waals surface area contributed by atoms with Crippen LogP contribution < -0.4 is 5.32 Å². The molecule has 2 rings (SSSR count). The number of nitrogens with one attached hydrogen (secondary N) is 1. The van der Waals surface area contributed by atoms with Gasteiger partial charge in [0.15, 0.2) is 0 Å². The van der Waals surface area contributed by atoms with Crippen molar-refractivity contribution < 1.29 is 4.21 Å². The highest BCUT2D eigenvalue weighted by Gasteiger charge is 2.31. The van der Waals surface area contributed by atoms with Crippen LogP contribution in [0.2, 0.25) is 0 Å². The molecule has 118 valence electrons. The Morgan fingerprint density at radius 1 is 1.25 bits per heavy atom. The van der Waals surface area contributed by atoms with E-state index in [9.17, 15) is 4.21 Å². The average Bonchev–Trinajstić information content (AvgIpc) is 2.47. The minimum atomic E-state index is -0.638. The lowest BCUT2D eigenvalue weighted by Gasteiger charge is -2.44. The van der Waals surface area contributed by atoms with Gasteiger partial charge in [-0.25, -0.2) is 0 Å². The Morgan fingerprint density at radius 3 is 2.65 bits per heavy atom. The molecular weight excluding hydrogens is 268 g/mol. The summed E-state index contributed by atoms with van der Waals surface area (Å²) < 4.78 is 11.2. The van der Waals surface area contributed by atoms with Crippen molar-refractivity contribution in [3.05, 3.63) is 0 Å². The Kier molecular flexibility index (Phi) is 6.99. The number of piperazine rings is 1. The van der Waals surface area contributed by atoms with E-state index < -0.39 is 10.8 Å². The summed E-state index contributed by atoms with van der Waals surface area (Å²) in [6.07, 6.45) is 11.2. The molecule has 1 saturated carbocycles. The van der Waals surface area contributed by atoms with E-state index in [0.29, 0.717) is 12.1 Å². The maximum Gasteiger partial charge on any atom is 0.0244 e. The van der Waals surface area contributed by atoms with Gasteiger partial charge in [-0.2, -0.15) is 0 Å². The molecule has 0 aromatic heterocycles. The summed E-state index contributed by atoms with van der Waals surface area (Å²) in [7, 11) is -0.638. The largest absolute Gasteiger partial charge is 0.311 e. The van der Waals surface area contributed by atoms with Crippen molar-refractivity contribution in [2.24, 2.45) is 5.92 Å². The second kappa shape index (κ2) is 8.50. The molecular formula is C16H32N2OS. The van der Waals surface area contributed by atoms with Crippen molar-refractivity contribution in [2.45, 2.75) is 64.0 Å². The van der Waals surface area contributed by atoms with Crippen LogP contribution in [0.3, 0.4) is 0 Å². The van der Waals surface area contributed by atoms with Crippen molar-refractivity contribution >= 4 is 10.8 Å². The highest BCUT2D eigenvalue weighted by molar-refractivity contribution is 7.84. The van der Waals surface area contributed by atoms with Crippen molar-refractivity contribution in [3.8, 4) is 0 Å². The summed E-state index contributed by atoms with van der Waals surface area (Å²) in [5, 5.41) is 3.82. The van der Waals surface area contributed by atoms with Gasteiger partial charge < -0.3 is 5.32 Å². The first-order valence-corrected chi connectivity index (χ1v) is 10.2. The summed E-state index contributed by atoms with van der Waals surface area (Å²) in [4.78, 5) is 2.67. The first-order valence-electron chi connectivity index (χ1n) is 8.48. The summed E-state index contributed by atoms with van der Waals surface area (Å²) in [6, 6.07) is 1.38. The Bertz CT molecular complexity index is 305. The van der Waals surface area contributed by atoms with E-state index in [0.717, 1.165) is 31.2 Å². The summed E-state index contributed by atoms with van der Waals surface area (Å²) in [5.41, 5.74) is 0. The number of nitrogens with zero attached hydrogens (tertiary/aromatic N) is 1. The van der Waals surface area contributed by atoms with E-state index >= 15 is 0 Å². The molecule has 2 fully saturated rings. The van der Waals surface area contributed by atoms with E-state index in [1.165, 1.54) is 45.1 Å². The molecule has 0 amide bonds. The van der Waals surface area contributed by atoms with Gasteiger partial charge in [0.1, 0.15) is 0 Å². The van der Waals surface area contributed by atoms with Crippen LogP contribution >= 0.6 is 0 Å². The highest BCUT2D eigenvalue weighted by atomic mass is 32.2. The predicted octanol–water partition coefficient (Wildman–Crippen LogP) is 2.39. The zero-order valence-corrected chi connectivity index (χ0v) is 14.1. The van der Waals surface area contributed by atoms with Crippen molar-refractivity contribution in [1.29, 1.82) is 0 Å². The topological polar surface area (TPSA) is 32.3 Å². The van der Waals surface area contributed by atoms with Crippen LogP contribution in [-0.2, 0) is 10.8 Å². The van der Waals surface area contributed by atoms with E-state index in [1.807, 2.05) is 6.26 Å². The maximum atomic E-state index is 11.2. The number of hydrogen-bond donors (Lipinski definition) is 1. The second-order valence-corrected chi connectivity index (χ2v) is 8.16. The second-order valence-electron chi connectivity index (χ2n) is 6.60. The molecule has 1 heterocycles. The first kappa shape index (κ1) is 16.4. The van der Waals surface area contributed by atoms with Crippen molar-refractivity contribution in [3.63, 3.8) is 0 Å². The molecule has 1 aliphatic carbocycles. The molecule has 2 aliphatic rings. The smallest absolute Gasteiger partial charge is 0.0244 e. The van der Waals surface area contributed by atoms with Gasteiger partial charge in [0.2, 0.25) is 0 Å².